The number of hydrogen-bond acceptors (Lipinski definition) is 6. The van der Waals surface area contributed by atoms with Crippen molar-refractivity contribution >= 4 is 45.7 Å². The smallest absolute Gasteiger partial charge is 0.162 e. The number of pyridine rings is 1. The van der Waals surface area contributed by atoms with Gasteiger partial charge in [0.2, 0.25) is 0 Å². The first kappa shape index (κ1) is 18.6. The van der Waals surface area contributed by atoms with Gasteiger partial charge in [-0.25, -0.2) is 9.98 Å². The molecule has 0 N–H and O–H groups in total. The van der Waals surface area contributed by atoms with Crippen LogP contribution in [0.3, 0.4) is 0 Å². The second-order valence-corrected chi connectivity index (χ2v) is 7.92. The van der Waals surface area contributed by atoms with Crippen molar-refractivity contribution in [3.05, 3.63) is 10.9 Å². The number of methoxy groups -OCH3 is 1. The van der Waals surface area contributed by atoms with Gasteiger partial charge in [0.15, 0.2) is 6.29 Å². The molecule has 0 saturated heterocycles. The van der Waals surface area contributed by atoms with E-state index in [-0.39, 0.29) is 0 Å². The molecule has 2 aromatic rings. The van der Waals surface area contributed by atoms with Crippen LogP contribution in [-0.2, 0) is 0 Å². The van der Waals surface area contributed by atoms with Crippen LogP contribution in [0.5, 0.6) is 5.75 Å². The summed E-state index contributed by atoms with van der Waals surface area (Å²) < 4.78 is 5.58. The Hall–Kier alpha value is -2.15. The van der Waals surface area contributed by atoms with E-state index in [4.69, 9.17) is 4.74 Å². The van der Waals surface area contributed by atoms with E-state index in [1.165, 1.54) is 43.4 Å². The lowest BCUT2D eigenvalue weighted by atomic mass is 9.95. The minimum Gasteiger partial charge on any atom is -0.496 e. The zero-order chi connectivity index (χ0) is 18.7. The highest BCUT2D eigenvalue weighted by molar-refractivity contribution is 7.21. The second kappa shape index (κ2) is 8.03. The molecule has 0 aliphatic heterocycles. The minimum absolute atomic E-state index is 0.525. The third kappa shape index (κ3) is 3.67. The molecule has 1 aliphatic rings. The summed E-state index contributed by atoms with van der Waals surface area (Å²) in [6.07, 6.45) is 8.97. The summed E-state index contributed by atoms with van der Waals surface area (Å²) in [7, 11) is 7.56. The van der Waals surface area contributed by atoms with Crippen LogP contribution in [0.1, 0.15) is 41.8 Å². The van der Waals surface area contributed by atoms with Gasteiger partial charge in [-0.1, -0.05) is 19.3 Å². The van der Waals surface area contributed by atoms with Crippen LogP contribution in [0, 0.1) is 0 Å². The molecule has 6 nitrogen and oxygen atoms in total. The van der Waals surface area contributed by atoms with Crippen molar-refractivity contribution in [2.45, 2.75) is 38.1 Å². The first-order valence-electron chi connectivity index (χ1n) is 8.95. The third-order valence-corrected chi connectivity index (χ3v) is 5.92. The topological polar surface area (TPSA) is 58.0 Å². The average molecular weight is 375 g/mol. The molecule has 0 unspecified atom stereocenters. The zero-order valence-corrected chi connectivity index (χ0v) is 16.7. The second-order valence-electron chi connectivity index (χ2n) is 6.89. The third-order valence-electron chi connectivity index (χ3n) is 4.92. The zero-order valence-electron chi connectivity index (χ0n) is 15.9. The minimum atomic E-state index is 0.525. The van der Waals surface area contributed by atoms with Crippen molar-refractivity contribution in [2.24, 2.45) is 4.99 Å². The van der Waals surface area contributed by atoms with Gasteiger partial charge in [-0.15, -0.1) is 11.3 Å². The molecule has 140 valence electrons. The largest absolute Gasteiger partial charge is 0.496 e. The van der Waals surface area contributed by atoms with E-state index < -0.39 is 0 Å². The van der Waals surface area contributed by atoms with Crippen LogP contribution in [0.15, 0.2) is 11.1 Å². The van der Waals surface area contributed by atoms with Gasteiger partial charge in [-0.3, -0.25) is 4.79 Å². The molecule has 0 bridgehead atoms. The summed E-state index contributed by atoms with van der Waals surface area (Å²) in [5.41, 5.74) is 0.650. The molecule has 1 fully saturated rings. The fourth-order valence-electron chi connectivity index (χ4n) is 3.38. The molecule has 2 heterocycles. The number of ether oxygens (including phenoxy) is 1. The molecule has 0 spiro atoms. The predicted octanol–water partition coefficient (Wildman–Crippen LogP) is 4.11. The van der Waals surface area contributed by atoms with Gasteiger partial charge in [0.05, 0.1) is 29.4 Å². The van der Waals surface area contributed by atoms with Crippen LogP contribution in [0.4, 0.5) is 11.5 Å². The number of aromatic nitrogens is 1. The summed E-state index contributed by atoms with van der Waals surface area (Å²) in [6.45, 7) is 0. The molecule has 7 heteroatoms. The first-order valence-corrected chi connectivity index (χ1v) is 9.77. The lowest BCUT2D eigenvalue weighted by molar-refractivity contribution is 0.112. The summed E-state index contributed by atoms with van der Waals surface area (Å²) in [4.78, 5) is 26.4. The van der Waals surface area contributed by atoms with E-state index >= 15 is 0 Å². The number of carbonyl (C=O) groups excluding carboxylic acids is 1. The number of nitrogens with zero attached hydrogens (tertiary/aromatic N) is 4. The van der Waals surface area contributed by atoms with Crippen molar-refractivity contribution < 1.29 is 9.53 Å². The Morgan fingerprint density at radius 2 is 2.00 bits per heavy atom. The van der Waals surface area contributed by atoms with Crippen molar-refractivity contribution in [3.63, 3.8) is 0 Å². The molecule has 26 heavy (non-hydrogen) atoms. The standard InChI is InChI=1S/C19H26N4O2S/c1-22(2)16-10-14(25-4)17-18(15(11-24)26-19(17)21-16)20-12-23(3)13-8-6-5-7-9-13/h10-13H,5-9H2,1-4H3. The van der Waals surface area contributed by atoms with Crippen LogP contribution < -0.4 is 9.64 Å². The van der Waals surface area contributed by atoms with Gasteiger partial charge in [-0.05, 0) is 12.8 Å². The number of hydrogen-bond donors (Lipinski definition) is 0. The Labute approximate surface area is 158 Å². The monoisotopic (exact) mass is 374 g/mol. The molecule has 1 aliphatic carbocycles. The lowest BCUT2D eigenvalue weighted by Gasteiger charge is -2.29. The van der Waals surface area contributed by atoms with E-state index in [0.29, 0.717) is 22.4 Å². The van der Waals surface area contributed by atoms with Crippen LogP contribution in [0.25, 0.3) is 10.2 Å². The molecular formula is C19H26N4O2S. The maximum absolute atomic E-state index is 11.6. The van der Waals surface area contributed by atoms with Crippen LogP contribution in [0.2, 0.25) is 0 Å². The van der Waals surface area contributed by atoms with Gasteiger partial charge >= 0.3 is 0 Å². The summed E-state index contributed by atoms with van der Waals surface area (Å²) in [5, 5.41) is 0.804. The van der Waals surface area contributed by atoms with E-state index in [1.54, 1.807) is 7.11 Å². The summed E-state index contributed by atoms with van der Waals surface area (Å²) >= 11 is 1.35. The number of carbonyl (C=O) groups is 1. The number of aldehydes is 1. The number of anilines is 1. The molecule has 3 rings (SSSR count). The fourth-order valence-corrected chi connectivity index (χ4v) is 4.33. The summed E-state index contributed by atoms with van der Waals surface area (Å²) in [5.74, 6) is 1.48. The first-order chi connectivity index (χ1) is 12.5. The van der Waals surface area contributed by atoms with Gasteiger partial charge in [0, 0.05) is 33.3 Å². The van der Waals surface area contributed by atoms with E-state index in [1.807, 2.05) is 31.4 Å². The Bertz CT molecular complexity index is 809. The Kier molecular flexibility index (Phi) is 5.76. The average Bonchev–Trinajstić information content (AvgIpc) is 3.03. The van der Waals surface area contributed by atoms with Crippen LogP contribution in [-0.4, -0.2) is 56.8 Å². The fraction of sp³-hybridized carbons (Fsp3) is 0.526. The Morgan fingerprint density at radius 1 is 1.27 bits per heavy atom. The molecule has 2 aromatic heterocycles. The lowest BCUT2D eigenvalue weighted by Crippen LogP contribution is -2.32. The van der Waals surface area contributed by atoms with Gasteiger partial charge < -0.3 is 14.5 Å². The normalized spacial score (nSPS) is 15.5. The van der Waals surface area contributed by atoms with Gasteiger partial charge in [0.1, 0.15) is 16.4 Å². The van der Waals surface area contributed by atoms with Crippen molar-refractivity contribution in [1.29, 1.82) is 0 Å². The molecule has 0 aromatic carbocycles. The highest BCUT2D eigenvalue weighted by Crippen LogP contribution is 2.42. The van der Waals surface area contributed by atoms with Gasteiger partial charge in [-0.2, -0.15) is 0 Å². The van der Waals surface area contributed by atoms with E-state index in [9.17, 15) is 4.79 Å². The van der Waals surface area contributed by atoms with Gasteiger partial charge in [0.25, 0.3) is 0 Å². The number of thiophene rings is 1. The maximum Gasteiger partial charge on any atom is 0.162 e. The number of fused-ring (bicyclic) bond motifs is 1. The van der Waals surface area contributed by atoms with Crippen molar-refractivity contribution in [2.75, 3.05) is 33.2 Å². The Balaban J connectivity index is 2.01. The number of aliphatic imine (C=N–C) groups is 1. The van der Waals surface area contributed by atoms with Crippen LogP contribution >= 0.6 is 11.3 Å². The predicted molar refractivity (Wildman–Crippen MR) is 109 cm³/mol. The highest BCUT2D eigenvalue weighted by atomic mass is 32.1. The van der Waals surface area contributed by atoms with E-state index in [0.717, 1.165) is 22.3 Å². The number of rotatable bonds is 6. The van der Waals surface area contributed by atoms with Crippen molar-refractivity contribution in [1.82, 2.24) is 9.88 Å². The summed E-state index contributed by atoms with van der Waals surface area (Å²) in [6, 6.07) is 2.41. The molecule has 0 amide bonds. The molecule has 0 atom stereocenters. The van der Waals surface area contributed by atoms with E-state index in [2.05, 4.69) is 21.9 Å². The Morgan fingerprint density at radius 3 is 2.62 bits per heavy atom. The quantitative estimate of drug-likeness (QED) is 0.433. The van der Waals surface area contributed by atoms with Crippen molar-refractivity contribution in [3.8, 4) is 5.75 Å². The highest BCUT2D eigenvalue weighted by Gasteiger charge is 2.20. The molecule has 1 saturated carbocycles. The SMILES string of the molecule is COc1cc(N(C)C)nc2sc(C=O)c(N=CN(C)C3CCCCC3)c12. The maximum atomic E-state index is 11.6. The molecular weight excluding hydrogens is 348 g/mol. The molecule has 0 radical (unpaired) electrons.